The fraction of sp³-hybridized carbons (Fsp3) is 0.600. The van der Waals surface area contributed by atoms with Crippen LogP contribution in [-0.2, 0) is 0 Å². The zero-order valence-corrected chi connectivity index (χ0v) is 9.66. The zero-order chi connectivity index (χ0) is 9.52. The first-order valence-electron chi connectivity index (χ1n) is 4.72. The van der Waals surface area contributed by atoms with Crippen LogP contribution in [0.15, 0.2) is 16.8 Å². The van der Waals surface area contributed by atoms with Crippen LogP contribution in [0, 0.1) is 0 Å². The lowest BCUT2D eigenvalue weighted by Gasteiger charge is -2.12. The topological polar surface area (TPSA) is 26.0 Å². The summed E-state index contributed by atoms with van der Waals surface area (Å²) < 4.78 is 0. The average Bonchev–Trinajstić information content (AvgIpc) is 2.65. The van der Waals surface area contributed by atoms with Gasteiger partial charge in [0.1, 0.15) is 0 Å². The number of thiophene rings is 1. The molecule has 0 saturated carbocycles. The number of unbranched alkanes of at least 4 members (excludes halogenated alkanes) is 1. The average molecular weight is 215 g/mol. The summed E-state index contributed by atoms with van der Waals surface area (Å²) in [7, 11) is 0. The van der Waals surface area contributed by atoms with Crippen molar-refractivity contribution in [3.8, 4) is 0 Å². The van der Waals surface area contributed by atoms with Gasteiger partial charge in [0.05, 0.1) is 0 Å². The van der Waals surface area contributed by atoms with Crippen LogP contribution in [0.2, 0.25) is 0 Å². The van der Waals surface area contributed by atoms with Crippen LogP contribution in [0.25, 0.3) is 0 Å². The van der Waals surface area contributed by atoms with Gasteiger partial charge in [-0.15, -0.1) is 0 Å². The van der Waals surface area contributed by atoms with E-state index in [1.165, 1.54) is 24.2 Å². The van der Waals surface area contributed by atoms with Gasteiger partial charge in [-0.25, -0.2) is 0 Å². The summed E-state index contributed by atoms with van der Waals surface area (Å²) >= 11 is 3.74. The van der Waals surface area contributed by atoms with Gasteiger partial charge < -0.3 is 5.73 Å². The fourth-order valence-corrected chi connectivity index (χ4v) is 3.14. The Bertz CT molecular complexity index is 209. The van der Waals surface area contributed by atoms with Crippen molar-refractivity contribution in [3.63, 3.8) is 0 Å². The SMILES string of the molecule is CCCCSC(CN)c1ccsc1. The normalized spacial score (nSPS) is 13.1. The van der Waals surface area contributed by atoms with E-state index in [9.17, 15) is 0 Å². The summed E-state index contributed by atoms with van der Waals surface area (Å²) in [6.45, 7) is 2.98. The zero-order valence-electron chi connectivity index (χ0n) is 8.03. The van der Waals surface area contributed by atoms with Gasteiger partial charge in [-0.1, -0.05) is 13.3 Å². The van der Waals surface area contributed by atoms with Crippen molar-refractivity contribution in [2.75, 3.05) is 12.3 Å². The smallest absolute Gasteiger partial charge is 0.0427 e. The van der Waals surface area contributed by atoms with Crippen molar-refractivity contribution in [2.45, 2.75) is 25.0 Å². The molecule has 0 saturated heterocycles. The molecule has 1 atom stereocenters. The van der Waals surface area contributed by atoms with Gasteiger partial charge in [0.25, 0.3) is 0 Å². The van der Waals surface area contributed by atoms with Crippen LogP contribution < -0.4 is 5.73 Å². The number of hydrogen-bond donors (Lipinski definition) is 1. The molecule has 1 aromatic heterocycles. The van der Waals surface area contributed by atoms with E-state index in [0.717, 1.165) is 6.54 Å². The van der Waals surface area contributed by atoms with Crippen LogP contribution in [-0.4, -0.2) is 12.3 Å². The van der Waals surface area contributed by atoms with Crippen LogP contribution >= 0.6 is 23.1 Å². The second kappa shape index (κ2) is 6.46. The molecule has 1 nitrogen and oxygen atoms in total. The molecule has 0 amide bonds. The third kappa shape index (κ3) is 3.71. The predicted molar refractivity (Wildman–Crippen MR) is 63.5 cm³/mol. The molecule has 1 rings (SSSR count). The van der Waals surface area contributed by atoms with E-state index < -0.39 is 0 Å². The minimum atomic E-state index is 0.512. The van der Waals surface area contributed by atoms with Crippen LogP contribution in [0.4, 0.5) is 0 Å². The minimum absolute atomic E-state index is 0.512. The fourth-order valence-electron chi connectivity index (χ4n) is 1.13. The lowest BCUT2D eigenvalue weighted by Crippen LogP contribution is -2.09. The Morgan fingerprint density at radius 1 is 1.62 bits per heavy atom. The van der Waals surface area contributed by atoms with E-state index in [4.69, 9.17) is 5.73 Å². The van der Waals surface area contributed by atoms with Gasteiger partial charge in [-0.3, -0.25) is 0 Å². The third-order valence-electron chi connectivity index (χ3n) is 1.95. The first-order valence-corrected chi connectivity index (χ1v) is 6.71. The van der Waals surface area contributed by atoms with Gasteiger partial charge in [-0.2, -0.15) is 23.1 Å². The van der Waals surface area contributed by atoms with Crippen molar-refractivity contribution in [1.82, 2.24) is 0 Å². The van der Waals surface area contributed by atoms with Gasteiger partial charge in [-0.05, 0) is 34.6 Å². The lowest BCUT2D eigenvalue weighted by molar-refractivity contribution is 0.883. The van der Waals surface area contributed by atoms with Crippen molar-refractivity contribution in [3.05, 3.63) is 22.4 Å². The molecule has 1 unspecified atom stereocenters. The largest absolute Gasteiger partial charge is 0.329 e. The maximum Gasteiger partial charge on any atom is 0.0427 e. The van der Waals surface area contributed by atoms with Crippen molar-refractivity contribution < 1.29 is 0 Å². The molecule has 0 radical (unpaired) electrons. The van der Waals surface area contributed by atoms with E-state index in [0.29, 0.717) is 5.25 Å². The Hall–Kier alpha value is 0.01000. The van der Waals surface area contributed by atoms with Gasteiger partial charge in [0.15, 0.2) is 0 Å². The van der Waals surface area contributed by atoms with Gasteiger partial charge >= 0.3 is 0 Å². The maximum atomic E-state index is 5.73. The van der Waals surface area contributed by atoms with E-state index in [1.807, 2.05) is 11.8 Å². The van der Waals surface area contributed by atoms with E-state index >= 15 is 0 Å². The molecule has 0 aliphatic carbocycles. The molecule has 0 aliphatic rings. The van der Waals surface area contributed by atoms with Crippen molar-refractivity contribution >= 4 is 23.1 Å². The molecule has 0 spiro atoms. The highest BCUT2D eigenvalue weighted by atomic mass is 32.2. The van der Waals surface area contributed by atoms with Crippen molar-refractivity contribution in [2.24, 2.45) is 5.73 Å². The van der Waals surface area contributed by atoms with E-state index in [-0.39, 0.29) is 0 Å². The summed E-state index contributed by atoms with van der Waals surface area (Å²) in [5.74, 6) is 1.23. The standard InChI is InChI=1S/C10H17NS2/c1-2-3-5-13-10(7-11)9-4-6-12-8-9/h4,6,8,10H,2-3,5,7,11H2,1H3. The monoisotopic (exact) mass is 215 g/mol. The molecule has 3 heteroatoms. The van der Waals surface area contributed by atoms with E-state index in [1.54, 1.807) is 11.3 Å². The Morgan fingerprint density at radius 3 is 3.00 bits per heavy atom. The Morgan fingerprint density at radius 2 is 2.46 bits per heavy atom. The highest BCUT2D eigenvalue weighted by Crippen LogP contribution is 2.29. The molecule has 74 valence electrons. The molecular weight excluding hydrogens is 198 g/mol. The molecular formula is C10H17NS2. The van der Waals surface area contributed by atoms with Crippen molar-refractivity contribution in [1.29, 1.82) is 0 Å². The highest BCUT2D eigenvalue weighted by molar-refractivity contribution is 7.99. The second-order valence-corrected chi connectivity index (χ2v) is 5.10. The minimum Gasteiger partial charge on any atom is -0.329 e. The Labute approximate surface area is 88.7 Å². The number of thioether (sulfide) groups is 1. The van der Waals surface area contributed by atoms with Crippen LogP contribution in [0.1, 0.15) is 30.6 Å². The lowest BCUT2D eigenvalue weighted by atomic mass is 10.2. The number of rotatable bonds is 6. The molecule has 0 fully saturated rings. The summed E-state index contributed by atoms with van der Waals surface area (Å²) in [5, 5.41) is 4.84. The third-order valence-corrected chi connectivity index (χ3v) is 4.04. The summed E-state index contributed by atoms with van der Waals surface area (Å²) in [6, 6.07) is 2.18. The summed E-state index contributed by atoms with van der Waals surface area (Å²) in [6.07, 6.45) is 2.57. The Balaban J connectivity index is 2.35. The molecule has 0 bridgehead atoms. The maximum absolute atomic E-state index is 5.73. The number of hydrogen-bond acceptors (Lipinski definition) is 3. The highest BCUT2D eigenvalue weighted by Gasteiger charge is 2.09. The molecule has 2 N–H and O–H groups in total. The molecule has 0 aromatic carbocycles. The first kappa shape index (κ1) is 11.1. The first-order chi connectivity index (χ1) is 6.38. The quantitative estimate of drug-likeness (QED) is 0.737. The number of nitrogens with two attached hydrogens (primary N) is 1. The predicted octanol–water partition coefficient (Wildman–Crippen LogP) is 3.28. The molecule has 13 heavy (non-hydrogen) atoms. The second-order valence-electron chi connectivity index (χ2n) is 3.01. The molecule has 1 aromatic rings. The molecule has 0 aliphatic heterocycles. The summed E-state index contributed by atoms with van der Waals surface area (Å²) in [5.41, 5.74) is 7.13. The molecule has 1 heterocycles. The van der Waals surface area contributed by atoms with Crippen LogP contribution in [0.5, 0.6) is 0 Å². The summed E-state index contributed by atoms with van der Waals surface area (Å²) in [4.78, 5) is 0. The van der Waals surface area contributed by atoms with E-state index in [2.05, 4.69) is 23.8 Å². The van der Waals surface area contributed by atoms with Gasteiger partial charge in [0, 0.05) is 11.8 Å². The Kier molecular flexibility index (Phi) is 5.51. The van der Waals surface area contributed by atoms with Gasteiger partial charge in [0.2, 0.25) is 0 Å². The van der Waals surface area contributed by atoms with Crippen LogP contribution in [0.3, 0.4) is 0 Å².